The molecule has 0 bridgehead atoms. The Morgan fingerprint density at radius 3 is 1.84 bits per heavy atom. The monoisotopic (exact) mass is 350 g/mol. The first-order valence-corrected chi connectivity index (χ1v) is 10.2. The van der Waals surface area contributed by atoms with Gasteiger partial charge in [0.05, 0.1) is 5.92 Å². The lowest BCUT2D eigenvalue weighted by Crippen LogP contribution is -2.54. The Morgan fingerprint density at radius 2 is 1.44 bits per heavy atom. The third-order valence-corrected chi connectivity index (χ3v) is 6.53. The number of esters is 1. The SMILES string of the molecule is CC1(C)C(C=O)C1C(=O)OC(NC1CCCCC1)NC1CCCCC1. The largest absolute Gasteiger partial charge is 0.433 e. The Morgan fingerprint density at radius 1 is 0.960 bits per heavy atom. The molecule has 0 radical (unpaired) electrons. The standard InChI is InChI=1S/C20H34N2O3/c1-20(2)16(13-23)17(20)18(24)25-19(21-14-9-5-3-6-10-14)22-15-11-7-4-8-12-15/h13-17,19,21-22H,3-12H2,1-2H3. The molecule has 0 aromatic carbocycles. The number of hydrogen-bond donors (Lipinski definition) is 2. The molecule has 0 heterocycles. The summed E-state index contributed by atoms with van der Waals surface area (Å²) >= 11 is 0. The molecule has 3 saturated carbocycles. The van der Waals surface area contributed by atoms with Gasteiger partial charge in [0.1, 0.15) is 6.29 Å². The minimum absolute atomic E-state index is 0.204. The molecule has 3 aliphatic rings. The van der Waals surface area contributed by atoms with E-state index in [0.717, 1.165) is 32.0 Å². The van der Waals surface area contributed by atoms with Crippen LogP contribution in [0.3, 0.4) is 0 Å². The average Bonchev–Trinajstić information content (AvgIpc) is 3.18. The number of aldehydes is 1. The van der Waals surface area contributed by atoms with Gasteiger partial charge >= 0.3 is 5.97 Å². The highest BCUT2D eigenvalue weighted by Crippen LogP contribution is 2.57. The molecule has 3 fully saturated rings. The second kappa shape index (κ2) is 8.17. The Hall–Kier alpha value is -0.940. The van der Waals surface area contributed by atoms with Crippen LogP contribution in [0.15, 0.2) is 0 Å². The van der Waals surface area contributed by atoms with Gasteiger partial charge in [-0.25, -0.2) is 0 Å². The van der Waals surface area contributed by atoms with Crippen molar-refractivity contribution in [1.82, 2.24) is 10.6 Å². The van der Waals surface area contributed by atoms with Crippen LogP contribution < -0.4 is 10.6 Å². The van der Waals surface area contributed by atoms with E-state index in [1.54, 1.807) is 0 Å². The Labute approximate surface area is 151 Å². The van der Waals surface area contributed by atoms with Gasteiger partial charge in [-0.15, -0.1) is 0 Å². The van der Waals surface area contributed by atoms with Gasteiger partial charge in [-0.2, -0.15) is 0 Å². The number of rotatable bonds is 7. The number of carbonyl (C=O) groups is 2. The van der Waals surface area contributed by atoms with Crippen LogP contribution in [0.1, 0.15) is 78.1 Å². The fourth-order valence-electron chi connectivity index (χ4n) is 4.65. The normalized spacial score (nSPS) is 30.2. The highest BCUT2D eigenvalue weighted by atomic mass is 16.6. The predicted octanol–water partition coefficient (Wildman–Crippen LogP) is 3.13. The molecule has 142 valence electrons. The van der Waals surface area contributed by atoms with Crippen LogP contribution in [-0.4, -0.2) is 30.7 Å². The molecule has 0 amide bonds. The summed E-state index contributed by atoms with van der Waals surface area (Å²) in [7, 11) is 0. The zero-order valence-electron chi connectivity index (χ0n) is 15.8. The molecule has 5 heteroatoms. The summed E-state index contributed by atoms with van der Waals surface area (Å²) in [6.07, 6.45) is 12.6. The first-order chi connectivity index (χ1) is 12.0. The topological polar surface area (TPSA) is 67.4 Å². The molecule has 3 aliphatic carbocycles. The summed E-state index contributed by atoms with van der Waals surface area (Å²) in [6, 6.07) is 0.827. The van der Waals surface area contributed by atoms with Gasteiger partial charge < -0.3 is 9.53 Å². The maximum absolute atomic E-state index is 12.6. The maximum Gasteiger partial charge on any atom is 0.312 e. The Balaban J connectivity index is 1.58. The summed E-state index contributed by atoms with van der Waals surface area (Å²) < 4.78 is 5.83. The van der Waals surface area contributed by atoms with Crippen molar-refractivity contribution in [2.45, 2.75) is 96.5 Å². The first-order valence-electron chi connectivity index (χ1n) is 10.2. The van der Waals surface area contributed by atoms with E-state index < -0.39 is 6.35 Å². The molecule has 2 N–H and O–H groups in total. The van der Waals surface area contributed by atoms with Crippen molar-refractivity contribution in [2.75, 3.05) is 0 Å². The summed E-state index contributed by atoms with van der Waals surface area (Å²) in [4.78, 5) is 23.8. The lowest BCUT2D eigenvalue weighted by atomic mass is 9.95. The van der Waals surface area contributed by atoms with Crippen molar-refractivity contribution in [3.05, 3.63) is 0 Å². The number of ether oxygens (including phenoxy) is 1. The molecule has 0 aromatic rings. The van der Waals surface area contributed by atoms with E-state index in [4.69, 9.17) is 4.74 Å². The maximum atomic E-state index is 12.6. The highest BCUT2D eigenvalue weighted by molar-refractivity contribution is 5.84. The summed E-state index contributed by atoms with van der Waals surface area (Å²) in [5.41, 5.74) is -0.265. The molecule has 3 rings (SSSR count). The van der Waals surface area contributed by atoms with Gasteiger partial charge in [-0.3, -0.25) is 15.4 Å². The smallest absolute Gasteiger partial charge is 0.312 e. The van der Waals surface area contributed by atoms with Crippen molar-refractivity contribution in [3.8, 4) is 0 Å². The van der Waals surface area contributed by atoms with Crippen molar-refractivity contribution in [1.29, 1.82) is 0 Å². The fourth-order valence-corrected chi connectivity index (χ4v) is 4.65. The summed E-state index contributed by atoms with van der Waals surface area (Å²) in [5.74, 6) is -0.738. The van der Waals surface area contributed by atoms with Crippen LogP contribution in [0.25, 0.3) is 0 Å². The van der Waals surface area contributed by atoms with Crippen LogP contribution in [-0.2, 0) is 14.3 Å². The van der Waals surface area contributed by atoms with E-state index in [1.807, 2.05) is 13.8 Å². The molecule has 5 nitrogen and oxygen atoms in total. The van der Waals surface area contributed by atoms with Crippen molar-refractivity contribution in [2.24, 2.45) is 17.3 Å². The summed E-state index contributed by atoms with van der Waals surface area (Å²) in [6.45, 7) is 3.94. The number of nitrogens with one attached hydrogen (secondary N) is 2. The van der Waals surface area contributed by atoms with E-state index in [9.17, 15) is 9.59 Å². The second-order valence-electron chi connectivity index (χ2n) is 8.78. The van der Waals surface area contributed by atoms with E-state index in [2.05, 4.69) is 10.6 Å². The molecule has 0 spiro atoms. The lowest BCUT2D eigenvalue weighted by molar-refractivity contribution is -0.157. The van der Waals surface area contributed by atoms with Gasteiger partial charge in [-0.1, -0.05) is 52.4 Å². The Bertz CT molecular complexity index is 448. The molecule has 0 aromatic heterocycles. The van der Waals surface area contributed by atoms with Crippen molar-refractivity contribution in [3.63, 3.8) is 0 Å². The quantitative estimate of drug-likeness (QED) is 0.419. The minimum atomic E-state index is -0.428. The van der Waals surface area contributed by atoms with E-state index in [1.165, 1.54) is 38.5 Å². The lowest BCUT2D eigenvalue weighted by Gasteiger charge is -2.32. The predicted molar refractivity (Wildman–Crippen MR) is 96.7 cm³/mol. The van der Waals surface area contributed by atoms with Crippen LogP contribution >= 0.6 is 0 Å². The van der Waals surface area contributed by atoms with Crippen LogP contribution in [0, 0.1) is 17.3 Å². The van der Waals surface area contributed by atoms with Crippen LogP contribution in [0.2, 0.25) is 0 Å². The molecule has 25 heavy (non-hydrogen) atoms. The molecule has 0 saturated heterocycles. The van der Waals surface area contributed by atoms with Crippen LogP contribution in [0.5, 0.6) is 0 Å². The second-order valence-corrected chi connectivity index (χ2v) is 8.78. The average molecular weight is 351 g/mol. The third-order valence-electron chi connectivity index (χ3n) is 6.53. The van der Waals surface area contributed by atoms with Gasteiger partial charge in [0.2, 0.25) is 6.35 Å². The number of hydrogen-bond acceptors (Lipinski definition) is 5. The molecule has 2 atom stereocenters. The zero-order chi connectivity index (χ0) is 17.9. The van der Waals surface area contributed by atoms with Gasteiger partial charge in [-0.05, 0) is 31.1 Å². The van der Waals surface area contributed by atoms with Gasteiger partial charge in [0.15, 0.2) is 0 Å². The van der Waals surface area contributed by atoms with Crippen molar-refractivity contribution < 1.29 is 14.3 Å². The van der Waals surface area contributed by atoms with E-state index in [0.29, 0.717) is 12.1 Å². The van der Waals surface area contributed by atoms with Crippen molar-refractivity contribution >= 4 is 12.3 Å². The van der Waals surface area contributed by atoms with Gasteiger partial charge in [0.25, 0.3) is 0 Å². The molecule has 2 unspecified atom stereocenters. The molecular formula is C20H34N2O3. The first kappa shape index (κ1) is 18.8. The van der Waals surface area contributed by atoms with E-state index in [-0.39, 0.29) is 23.2 Å². The number of carbonyl (C=O) groups excluding carboxylic acids is 2. The highest BCUT2D eigenvalue weighted by Gasteiger charge is 2.63. The van der Waals surface area contributed by atoms with Gasteiger partial charge in [0, 0.05) is 18.0 Å². The summed E-state index contributed by atoms with van der Waals surface area (Å²) in [5, 5.41) is 7.07. The molecule has 0 aliphatic heterocycles. The fraction of sp³-hybridized carbons (Fsp3) is 0.900. The third kappa shape index (κ3) is 4.62. The molecular weight excluding hydrogens is 316 g/mol. The minimum Gasteiger partial charge on any atom is -0.433 e. The van der Waals surface area contributed by atoms with Crippen LogP contribution in [0.4, 0.5) is 0 Å². The Kier molecular flexibility index (Phi) is 6.16. The van der Waals surface area contributed by atoms with E-state index >= 15 is 0 Å². The zero-order valence-corrected chi connectivity index (χ0v) is 15.8.